The molecule has 1 heterocycles. The number of morpholine rings is 1. The number of carbonyl (C=O) groups excluding carboxylic acids is 2. The van der Waals surface area contributed by atoms with E-state index >= 15 is 0 Å². The van der Waals surface area contributed by atoms with Gasteiger partial charge in [-0.15, -0.1) is 0 Å². The molecule has 0 bridgehead atoms. The average Bonchev–Trinajstić information content (AvgIpc) is 2.62. The molecule has 1 aliphatic rings. The van der Waals surface area contributed by atoms with Crippen molar-refractivity contribution in [3.05, 3.63) is 29.8 Å². The van der Waals surface area contributed by atoms with Gasteiger partial charge in [-0.2, -0.15) is 0 Å². The summed E-state index contributed by atoms with van der Waals surface area (Å²) in [6.07, 6.45) is 0.189. The van der Waals surface area contributed by atoms with E-state index in [-0.39, 0.29) is 24.6 Å². The van der Waals surface area contributed by atoms with E-state index in [2.05, 4.69) is 5.32 Å². The van der Waals surface area contributed by atoms with Gasteiger partial charge in [0, 0.05) is 27.2 Å². The number of benzene rings is 1. The van der Waals surface area contributed by atoms with Crippen LogP contribution < -0.4 is 10.1 Å². The van der Waals surface area contributed by atoms with Crippen LogP contribution >= 0.6 is 0 Å². The minimum Gasteiger partial charge on any atom is -0.491 e. The summed E-state index contributed by atoms with van der Waals surface area (Å²) in [4.78, 5) is 27.5. The van der Waals surface area contributed by atoms with Crippen LogP contribution in [0.15, 0.2) is 24.3 Å². The van der Waals surface area contributed by atoms with Crippen molar-refractivity contribution >= 4 is 11.9 Å². The predicted molar refractivity (Wildman–Crippen MR) is 99.3 cm³/mol. The molecule has 0 radical (unpaired) electrons. The van der Waals surface area contributed by atoms with Crippen LogP contribution in [0.1, 0.15) is 19.4 Å². The Bertz CT molecular complexity index is 619. The molecule has 1 aromatic carbocycles. The fraction of sp³-hybridized carbons (Fsp3) is 0.579. The van der Waals surface area contributed by atoms with Crippen LogP contribution in [-0.2, 0) is 16.0 Å². The van der Waals surface area contributed by atoms with Crippen LogP contribution in [0.5, 0.6) is 5.75 Å². The number of para-hydroxylation sites is 1. The molecule has 1 saturated heterocycles. The quantitative estimate of drug-likeness (QED) is 0.832. The van der Waals surface area contributed by atoms with E-state index in [1.165, 1.54) is 4.90 Å². The standard InChI is InChI=1S/C19H29N3O4/c1-14(2)26-16-8-6-5-7-15(16)9-10-20-19(24)22-11-12-25-17(13-22)18(23)21(3)4/h5-8,14,17H,9-13H2,1-4H3,(H,20,24)/t17-/m1/s1. The lowest BCUT2D eigenvalue weighted by Crippen LogP contribution is -2.53. The lowest BCUT2D eigenvalue weighted by Gasteiger charge is -2.33. The maximum Gasteiger partial charge on any atom is 0.317 e. The maximum absolute atomic E-state index is 12.4. The van der Waals surface area contributed by atoms with E-state index < -0.39 is 6.10 Å². The molecular weight excluding hydrogens is 334 g/mol. The summed E-state index contributed by atoms with van der Waals surface area (Å²) in [6.45, 7) is 5.60. The average molecular weight is 363 g/mol. The highest BCUT2D eigenvalue weighted by Crippen LogP contribution is 2.19. The number of nitrogens with zero attached hydrogens (tertiary/aromatic N) is 2. The summed E-state index contributed by atoms with van der Waals surface area (Å²) in [5.41, 5.74) is 1.06. The number of rotatable bonds is 6. The number of urea groups is 1. The maximum atomic E-state index is 12.4. The number of ether oxygens (including phenoxy) is 2. The summed E-state index contributed by atoms with van der Waals surface area (Å²) in [6, 6.07) is 7.67. The Hall–Kier alpha value is -2.28. The lowest BCUT2D eigenvalue weighted by molar-refractivity contribution is -0.145. The van der Waals surface area contributed by atoms with Gasteiger partial charge in [-0.1, -0.05) is 18.2 Å². The number of carbonyl (C=O) groups is 2. The molecule has 0 aliphatic carbocycles. The van der Waals surface area contributed by atoms with E-state index in [4.69, 9.17) is 9.47 Å². The summed E-state index contributed by atoms with van der Waals surface area (Å²) in [5.74, 6) is 0.724. The Kier molecular flexibility index (Phi) is 7.26. The molecule has 26 heavy (non-hydrogen) atoms. The Labute approximate surface area is 155 Å². The van der Waals surface area contributed by atoms with Crippen molar-refractivity contribution in [2.75, 3.05) is 40.3 Å². The summed E-state index contributed by atoms with van der Waals surface area (Å²) < 4.78 is 11.3. The van der Waals surface area contributed by atoms with Crippen molar-refractivity contribution < 1.29 is 19.1 Å². The molecule has 3 amide bonds. The van der Waals surface area contributed by atoms with Gasteiger partial charge in [0.2, 0.25) is 0 Å². The third-order valence-corrected chi connectivity index (χ3v) is 4.08. The van der Waals surface area contributed by atoms with Crippen LogP contribution in [0.25, 0.3) is 0 Å². The van der Waals surface area contributed by atoms with E-state index in [1.54, 1.807) is 19.0 Å². The Morgan fingerprint density at radius 3 is 2.77 bits per heavy atom. The lowest BCUT2D eigenvalue weighted by atomic mass is 10.1. The highest BCUT2D eigenvalue weighted by molar-refractivity contribution is 5.82. The molecule has 7 heteroatoms. The van der Waals surface area contributed by atoms with Gasteiger partial charge in [-0.25, -0.2) is 4.79 Å². The second-order valence-electron chi connectivity index (χ2n) is 6.79. The van der Waals surface area contributed by atoms with Gasteiger partial charge in [-0.05, 0) is 31.9 Å². The van der Waals surface area contributed by atoms with Crippen molar-refractivity contribution in [1.29, 1.82) is 0 Å². The van der Waals surface area contributed by atoms with E-state index in [1.807, 2.05) is 38.1 Å². The molecule has 144 valence electrons. The molecule has 0 saturated carbocycles. The van der Waals surface area contributed by atoms with Gasteiger partial charge in [-0.3, -0.25) is 4.79 Å². The van der Waals surface area contributed by atoms with Gasteiger partial charge >= 0.3 is 6.03 Å². The largest absolute Gasteiger partial charge is 0.491 e. The topological polar surface area (TPSA) is 71.1 Å². The summed E-state index contributed by atoms with van der Waals surface area (Å²) >= 11 is 0. The first-order chi connectivity index (χ1) is 12.4. The van der Waals surface area contributed by atoms with Gasteiger partial charge in [0.1, 0.15) is 5.75 Å². The Morgan fingerprint density at radius 1 is 1.35 bits per heavy atom. The first-order valence-electron chi connectivity index (χ1n) is 8.98. The fourth-order valence-corrected chi connectivity index (χ4v) is 2.77. The van der Waals surface area contributed by atoms with Crippen molar-refractivity contribution in [1.82, 2.24) is 15.1 Å². The minimum atomic E-state index is -0.593. The molecule has 7 nitrogen and oxygen atoms in total. The fourth-order valence-electron chi connectivity index (χ4n) is 2.77. The SMILES string of the molecule is CC(C)Oc1ccccc1CCNC(=O)N1CCO[C@@H](C(=O)N(C)C)C1. The summed E-state index contributed by atoms with van der Waals surface area (Å²) in [7, 11) is 3.36. The second kappa shape index (κ2) is 9.43. The van der Waals surface area contributed by atoms with Crippen LogP contribution in [-0.4, -0.2) is 74.3 Å². The van der Waals surface area contributed by atoms with E-state index in [0.717, 1.165) is 11.3 Å². The van der Waals surface area contributed by atoms with Crippen LogP contribution in [0.3, 0.4) is 0 Å². The number of amides is 3. The first kappa shape index (κ1) is 20.0. The van der Waals surface area contributed by atoms with E-state index in [9.17, 15) is 9.59 Å². The molecule has 1 atom stereocenters. The monoisotopic (exact) mass is 363 g/mol. The van der Waals surface area contributed by atoms with Gasteiger partial charge in [0.05, 0.1) is 19.3 Å². The smallest absolute Gasteiger partial charge is 0.317 e. The van der Waals surface area contributed by atoms with Crippen LogP contribution in [0, 0.1) is 0 Å². The van der Waals surface area contributed by atoms with Crippen molar-refractivity contribution in [3.8, 4) is 5.75 Å². The molecule has 1 aromatic rings. The van der Waals surface area contributed by atoms with Crippen LogP contribution in [0.2, 0.25) is 0 Å². The van der Waals surface area contributed by atoms with Crippen LogP contribution in [0.4, 0.5) is 4.79 Å². The number of likely N-dealkylation sites (N-methyl/N-ethyl adjacent to an activating group) is 1. The third kappa shape index (κ3) is 5.62. The highest BCUT2D eigenvalue weighted by Gasteiger charge is 2.30. The molecule has 1 fully saturated rings. The van der Waals surface area contributed by atoms with Gasteiger partial charge in [0.25, 0.3) is 5.91 Å². The van der Waals surface area contributed by atoms with E-state index in [0.29, 0.717) is 26.1 Å². The highest BCUT2D eigenvalue weighted by atomic mass is 16.5. The molecule has 2 rings (SSSR count). The number of hydrogen-bond acceptors (Lipinski definition) is 4. The molecule has 0 unspecified atom stereocenters. The zero-order valence-electron chi connectivity index (χ0n) is 16.0. The molecule has 1 aliphatic heterocycles. The van der Waals surface area contributed by atoms with Crippen molar-refractivity contribution in [2.24, 2.45) is 0 Å². The molecule has 1 N–H and O–H groups in total. The third-order valence-electron chi connectivity index (χ3n) is 4.08. The Balaban J connectivity index is 1.84. The second-order valence-corrected chi connectivity index (χ2v) is 6.79. The van der Waals surface area contributed by atoms with Crippen molar-refractivity contribution in [2.45, 2.75) is 32.5 Å². The number of hydrogen-bond donors (Lipinski definition) is 1. The molecular formula is C19H29N3O4. The zero-order valence-corrected chi connectivity index (χ0v) is 16.0. The Morgan fingerprint density at radius 2 is 2.08 bits per heavy atom. The number of nitrogens with one attached hydrogen (secondary N) is 1. The van der Waals surface area contributed by atoms with Gasteiger partial charge < -0.3 is 24.6 Å². The first-order valence-corrected chi connectivity index (χ1v) is 8.98. The molecule has 0 aromatic heterocycles. The van der Waals surface area contributed by atoms with Gasteiger partial charge in [0.15, 0.2) is 6.10 Å². The predicted octanol–water partition coefficient (Wildman–Crippen LogP) is 1.51. The summed E-state index contributed by atoms with van der Waals surface area (Å²) in [5, 5.41) is 2.92. The molecule has 0 spiro atoms. The zero-order chi connectivity index (χ0) is 19.1. The minimum absolute atomic E-state index is 0.102. The normalized spacial score (nSPS) is 17.1. The van der Waals surface area contributed by atoms with Crippen molar-refractivity contribution in [3.63, 3.8) is 0 Å².